The van der Waals surface area contributed by atoms with Crippen molar-refractivity contribution in [2.24, 2.45) is 5.41 Å². The van der Waals surface area contributed by atoms with E-state index in [0.29, 0.717) is 22.8 Å². The van der Waals surface area contributed by atoms with Gasteiger partial charge >= 0.3 is 0 Å². The van der Waals surface area contributed by atoms with Crippen molar-refractivity contribution >= 4 is 11.6 Å². The first-order chi connectivity index (χ1) is 9.60. The Morgan fingerprint density at radius 1 is 1.55 bits per heavy atom. The molecule has 5 heteroatoms. The Morgan fingerprint density at radius 2 is 2.35 bits per heavy atom. The van der Waals surface area contributed by atoms with Gasteiger partial charge in [-0.3, -0.25) is 0 Å². The Labute approximate surface area is 122 Å². The zero-order valence-electron chi connectivity index (χ0n) is 11.2. The molecule has 2 aliphatic rings. The van der Waals surface area contributed by atoms with Crippen LogP contribution in [0.15, 0.2) is 18.2 Å². The molecule has 20 heavy (non-hydrogen) atoms. The number of nitrogens with zero attached hydrogens (tertiary/aromatic N) is 1. The molecule has 0 spiro atoms. The molecule has 4 atom stereocenters. The summed E-state index contributed by atoms with van der Waals surface area (Å²) in [6.45, 7) is 0. The highest BCUT2D eigenvalue weighted by molar-refractivity contribution is 6.32. The van der Waals surface area contributed by atoms with E-state index in [1.54, 1.807) is 18.2 Å². The Balaban J connectivity index is 1.94. The number of hydrogen-bond acceptors (Lipinski definition) is 4. The van der Waals surface area contributed by atoms with Crippen LogP contribution in [0.2, 0.25) is 5.02 Å². The SMILES string of the molecule is COc1ccc(C(O)C2(C#N)CC3CCC2O3)cc1Cl. The number of rotatable bonds is 3. The zero-order valence-corrected chi connectivity index (χ0v) is 11.9. The number of ether oxygens (including phenoxy) is 2. The van der Waals surface area contributed by atoms with Gasteiger partial charge in [-0.25, -0.2) is 0 Å². The molecule has 3 rings (SSSR count). The maximum Gasteiger partial charge on any atom is 0.137 e. The van der Waals surface area contributed by atoms with Gasteiger partial charge in [0.2, 0.25) is 0 Å². The fourth-order valence-electron chi connectivity index (χ4n) is 3.36. The molecule has 2 saturated heterocycles. The Bertz CT molecular complexity index is 571. The van der Waals surface area contributed by atoms with Crippen LogP contribution in [0, 0.1) is 16.7 Å². The molecule has 106 valence electrons. The second-order valence-electron chi connectivity index (χ2n) is 5.48. The van der Waals surface area contributed by atoms with Gasteiger partial charge in [0.15, 0.2) is 0 Å². The Hall–Kier alpha value is -1.28. The molecule has 0 saturated carbocycles. The van der Waals surface area contributed by atoms with Gasteiger partial charge < -0.3 is 14.6 Å². The molecule has 0 aromatic heterocycles. The lowest BCUT2D eigenvalue weighted by Crippen LogP contribution is -2.37. The zero-order chi connectivity index (χ0) is 14.3. The molecule has 2 aliphatic heterocycles. The molecule has 0 radical (unpaired) electrons. The van der Waals surface area contributed by atoms with Gasteiger partial charge in [0, 0.05) is 0 Å². The molecule has 1 N–H and O–H groups in total. The van der Waals surface area contributed by atoms with Crippen molar-refractivity contribution in [1.82, 2.24) is 0 Å². The van der Waals surface area contributed by atoms with Gasteiger partial charge in [-0.15, -0.1) is 0 Å². The molecule has 1 aromatic carbocycles. The summed E-state index contributed by atoms with van der Waals surface area (Å²) in [6.07, 6.45) is 1.41. The van der Waals surface area contributed by atoms with Crippen molar-refractivity contribution in [3.63, 3.8) is 0 Å². The first kappa shape index (κ1) is 13.7. The largest absolute Gasteiger partial charge is 0.495 e. The van der Waals surface area contributed by atoms with Gasteiger partial charge in [-0.05, 0) is 37.0 Å². The molecule has 2 fully saturated rings. The third kappa shape index (κ3) is 1.89. The molecular weight excluding hydrogens is 278 g/mol. The predicted molar refractivity (Wildman–Crippen MR) is 73.5 cm³/mol. The highest BCUT2D eigenvalue weighted by Gasteiger charge is 2.57. The minimum absolute atomic E-state index is 0.100. The molecular formula is C15H16ClNO3. The number of aliphatic hydroxyl groups is 1. The second-order valence-corrected chi connectivity index (χ2v) is 5.88. The van der Waals surface area contributed by atoms with Crippen LogP contribution in [0.3, 0.4) is 0 Å². The molecule has 4 unspecified atom stereocenters. The monoisotopic (exact) mass is 293 g/mol. The number of halogens is 1. The number of hydrogen-bond donors (Lipinski definition) is 1. The van der Waals surface area contributed by atoms with Crippen molar-refractivity contribution in [3.8, 4) is 11.8 Å². The summed E-state index contributed by atoms with van der Waals surface area (Å²) < 4.78 is 10.9. The van der Waals surface area contributed by atoms with Crippen LogP contribution >= 0.6 is 11.6 Å². The molecule has 2 bridgehead atoms. The van der Waals surface area contributed by atoms with E-state index < -0.39 is 11.5 Å². The van der Waals surface area contributed by atoms with E-state index in [-0.39, 0.29) is 12.2 Å². The maximum absolute atomic E-state index is 10.7. The van der Waals surface area contributed by atoms with E-state index in [0.717, 1.165) is 12.8 Å². The highest BCUT2D eigenvalue weighted by atomic mass is 35.5. The summed E-state index contributed by atoms with van der Waals surface area (Å²) in [5, 5.41) is 20.7. The Morgan fingerprint density at radius 3 is 2.85 bits per heavy atom. The van der Waals surface area contributed by atoms with Gasteiger partial charge in [0.1, 0.15) is 17.3 Å². The van der Waals surface area contributed by atoms with E-state index in [1.165, 1.54) is 7.11 Å². The number of benzene rings is 1. The summed E-state index contributed by atoms with van der Waals surface area (Å²) in [4.78, 5) is 0. The normalized spacial score (nSPS) is 32.9. The van der Waals surface area contributed by atoms with Gasteiger partial charge in [-0.2, -0.15) is 5.26 Å². The smallest absolute Gasteiger partial charge is 0.137 e. The van der Waals surface area contributed by atoms with Gasteiger partial charge in [0.05, 0.1) is 30.4 Å². The standard InChI is InChI=1S/C15H16ClNO3/c1-19-12-4-2-9(6-11(12)16)14(18)15(8-17)7-10-3-5-13(15)20-10/h2,4,6,10,13-14,18H,3,5,7H2,1H3. The third-order valence-corrected chi connectivity index (χ3v) is 4.73. The molecule has 4 nitrogen and oxygen atoms in total. The average molecular weight is 294 g/mol. The van der Waals surface area contributed by atoms with Crippen LogP contribution in [0.5, 0.6) is 5.75 Å². The maximum atomic E-state index is 10.7. The number of nitriles is 1. The fourth-order valence-corrected chi connectivity index (χ4v) is 3.63. The van der Waals surface area contributed by atoms with Crippen LogP contribution in [-0.2, 0) is 4.74 Å². The summed E-state index contributed by atoms with van der Waals surface area (Å²) in [5.74, 6) is 0.554. The number of methoxy groups -OCH3 is 1. The van der Waals surface area contributed by atoms with Gasteiger partial charge in [0.25, 0.3) is 0 Å². The molecule has 0 amide bonds. The number of aliphatic hydroxyl groups excluding tert-OH is 1. The van der Waals surface area contributed by atoms with Crippen LogP contribution < -0.4 is 4.74 Å². The summed E-state index contributed by atoms with van der Waals surface area (Å²) in [5.41, 5.74) is -0.227. The van der Waals surface area contributed by atoms with Crippen molar-refractivity contribution in [2.45, 2.75) is 37.6 Å². The summed E-state index contributed by atoms with van der Waals surface area (Å²) in [6, 6.07) is 7.43. The van der Waals surface area contributed by atoms with Crippen LogP contribution in [0.1, 0.15) is 30.9 Å². The van der Waals surface area contributed by atoms with Crippen LogP contribution in [0.25, 0.3) is 0 Å². The van der Waals surface area contributed by atoms with E-state index in [4.69, 9.17) is 21.1 Å². The summed E-state index contributed by atoms with van der Waals surface area (Å²) in [7, 11) is 1.54. The van der Waals surface area contributed by atoms with Crippen molar-refractivity contribution in [1.29, 1.82) is 5.26 Å². The second kappa shape index (κ2) is 4.92. The van der Waals surface area contributed by atoms with E-state index >= 15 is 0 Å². The lowest BCUT2D eigenvalue weighted by Gasteiger charge is -2.33. The van der Waals surface area contributed by atoms with Crippen LogP contribution in [0.4, 0.5) is 0 Å². The first-order valence-electron chi connectivity index (χ1n) is 6.69. The van der Waals surface area contributed by atoms with Gasteiger partial charge in [-0.1, -0.05) is 17.7 Å². The number of fused-ring (bicyclic) bond motifs is 2. The van der Waals surface area contributed by atoms with E-state index in [9.17, 15) is 10.4 Å². The van der Waals surface area contributed by atoms with Crippen LogP contribution in [-0.4, -0.2) is 24.4 Å². The van der Waals surface area contributed by atoms with Crippen molar-refractivity contribution in [2.75, 3.05) is 7.11 Å². The summed E-state index contributed by atoms with van der Waals surface area (Å²) >= 11 is 6.10. The average Bonchev–Trinajstić information content (AvgIpc) is 3.07. The van der Waals surface area contributed by atoms with Crippen molar-refractivity contribution in [3.05, 3.63) is 28.8 Å². The van der Waals surface area contributed by atoms with E-state index in [2.05, 4.69) is 6.07 Å². The topological polar surface area (TPSA) is 62.5 Å². The minimum atomic E-state index is -0.897. The lowest BCUT2D eigenvalue weighted by atomic mass is 9.69. The molecule has 0 aliphatic carbocycles. The predicted octanol–water partition coefficient (Wildman–Crippen LogP) is 2.84. The lowest BCUT2D eigenvalue weighted by molar-refractivity contribution is 0.00340. The molecule has 1 aromatic rings. The quantitative estimate of drug-likeness (QED) is 0.931. The first-order valence-corrected chi connectivity index (χ1v) is 7.06. The molecule has 2 heterocycles. The Kier molecular flexibility index (Phi) is 3.37. The fraction of sp³-hybridized carbons (Fsp3) is 0.533. The van der Waals surface area contributed by atoms with E-state index in [1.807, 2.05) is 0 Å². The third-order valence-electron chi connectivity index (χ3n) is 4.44. The minimum Gasteiger partial charge on any atom is -0.495 e. The highest BCUT2D eigenvalue weighted by Crippen LogP contribution is 2.54. The van der Waals surface area contributed by atoms with Crippen molar-refractivity contribution < 1.29 is 14.6 Å².